The molecule has 5 nitrogen and oxygen atoms in total. The van der Waals surface area contributed by atoms with Crippen LogP contribution in [0.3, 0.4) is 0 Å². The van der Waals surface area contributed by atoms with Crippen molar-refractivity contribution < 1.29 is 4.42 Å². The van der Waals surface area contributed by atoms with E-state index in [-0.39, 0.29) is 6.04 Å². The highest BCUT2D eigenvalue weighted by atomic mass is 16.3. The predicted octanol–water partition coefficient (Wildman–Crippen LogP) is 1.59. The summed E-state index contributed by atoms with van der Waals surface area (Å²) in [5, 5.41) is 3.20. The van der Waals surface area contributed by atoms with Crippen LogP contribution in [0.2, 0.25) is 0 Å². The maximum absolute atomic E-state index is 5.89. The van der Waals surface area contributed by atoms with Gasteiger partial charge in [-0.1, -0.05) is 6.42 Å². The van der Waals surface area contributed by atoms with Crippen molar-refractivity contribution in [3.63, 3.8) is 0 Å². The number of nitrogens with one attached hydrogen (secondary N) is 1. The molecular formula is C14H24N4O. The minimum absolute atomic E-state index is 0.124. The van der Waals surface area contributed by atoms with E-state index in [1.807, 2.05) is 26.2 Å². The van der Waals surface area contributed by atoms with E-state index in [0.29, 0.717) is 12.5 Å². The van der Waals surface area contributed by atoms with Crippen LogP contribution in [0.4, 0.5) is 0 Å². The smallest absolute Gasteiger partial charge is 0.188 e. The Kier molecular flexibility index (Phi) is 4.85. The second-order valence-electron chi connectivity index (χ2n) is 5.40. The molecule has 1 unspecified atom stereocenters. The van der Waals surface area contributed by atoms with Gasteiger partial charge in [0.1, 0.15) is 5.76 Å². The second-order valence-corrected chi connectivity index (χ2v) is 5.40. The Morgan fingerprint density at radius 1 is 1.58 bits per heavy atom. The molecule has 1 aliphatic carbocycles. The van der Waals surface area contributed by atoms with E-state index in [2.05, 4.69) is 15.2 Å². The molecule has 0 amide bonds. The number of aliphatic imine (C=N–C) groups is 1. The molecule has 0 spiro atoms. The van der Waals surface area contributed by atoms with E-state index in [1.54, 1.807) is 6.26 Å². The maximum atomic E-state index is 5.89. The van der Waals surface area contributed by atoms with E-state index < -0.39 is 0 Å². The summed E-state index contributed by atoms with van der Waals surface area (Å²) in [6.45, 7) is 1.55. The first-order valence-corrected chi connectivity index (χ1v) is 6.90. The molecule has 2 rings (SSSR count). The minimum atomic E-state index is 0.124. The van der Waals surface area contributed by atoms with Gasteiger partial charge in [0.25, 0.3) is 0 Å². The Hall–Kier alpha value is -1.49. The largest absolute Gasteiger partial charge is 0.468 e. The topological polar surface area (TPSA) is 66.8 Å². The molecule has 1 heterocycles. The molecule has 5 heteroatoms. The van der Waals surface area contributed by atoms with Gasteiger partial charge in [-0.2, -0.15) is 0 Å². The third-order valence-corrected chi connectivity index (χ3v) is 3.73. The second kappa shape index (κ2) is 6.61. The third kappa shape index (κ3) is 3.99. The summed E-state index contributed by atoms with van der Waals surface area (Å²) >= 11 is 0. The molecule has 1 atom stereocenters. The molecule has 1 aromatic heterocycles. The van der Waals surface area contributed by atoms with Crippen LogP contribution in [0, 0.1) is 5.92 Å². The van der Waals surface area contributed by atoms with Crippen molar-refractivity contribution in [2.45, 2.75) is 25.3 Å². The van der Waals surface area contributed by atoms with Crippen LogP contribution in [-0.2, 0) is 0 Å². The molecule has 0 aromatic carbocycles. The lowest BCUT2D eigenvalue weighted by atomic mass is 9.85. The summed E-state index contributed by atoms with van der Waals surface area (Å²) in [4.78, 5) is 6.50. The molecule has 0 radical (unpaired) electrons. The van der Waals surface area contributed by atoms with Crippen molar-refractivity contribution >= 4 is 5.96 Å². The Labute approximate surface area is 114 Å². The van der Waals surface area contributed by atoms with Gasteiger partial charge in [0.15, 0.2) is 5.96 Å². The maximum Gasteiger partial charge on any atom is 0.188 e. The summed E-state index contributed by atoms with van der Waals surface area (Å²) in [6.07, 6.45) is 5.67. The molecule has 1 saturated carbocycles. The van der Waals surface area contributed by atoms with E-state index in [9.17, 15) is 0 Å². The molecule has 106 valence electrons. The van der Waals surface area contributed by atoms with Crippen LogP contribution >= 0.6 is 0 Å². The van der Waals surface area contributed by atoms with Gasteiger partial charge in [0, 0.05) is 6.54 Å². The van der Waals surface area contributed by atoms with Crippen molar-refractivity contribution in [2.24, 2.45) is 16.6 Å². The van der Waals surface area contributed by atoms with Gasteiger partial charge in [0.05, 0.1) is 18.8 Å². The zero-order valence-corrected chi connectivity index (χ0v) is 11.8. The highest BCUT2D eigenvalue weighted by Crippen LogP contribution is 2.25. The molecule has 1 fully saturated rings. The number of likely N-dealkylation sites (N-methyl/N-ethyl adjacent to an activating group) is 1. The monoisotopic (exact) mass is 264 g/mol. The summed E-state index contributed by atoms with van der Waals surface area (Å²) in [5.41, 5.74) is 5.89. The highest BCUT2D eigenvalue weighted by molar-refractivity contribution is 5.77. The van der Waals surface area contributed by atoms with Gasteiger partial charge in [-0.05, 0) is 45.0 Å². The normalized spacial score (nSPS) is 18.4. The Morgan fingerprint density at radius 3 is 2.89 bits per heavy atom. The molecule has 1 aromatic rings. The SMILES string of the molecule is CN(C)C(CN=C(N)NCC1CCC1)c1ccco1. The van der Waals surface area contributed by atoms with Gasteiger partial charge < -0.3 is 15.5 Å². The number of rotatable bonds is 6. The summed E-state index contributed by atoms with van der Waals surface area (Å²) in [7, 11) is 4.03. The third-order valence-electron chi connectivity index (χ3n) is 3.73. The quantitative estimate of drug-likeness (QED) is 0.605. The lowest BCUT2D eigenvalue weighted by Crippen LogP contribution is -2.38. The van der Waals surface area contributed by atoms with Crippen LogP contribution < -0.4 is 11.1 Å². The van der Waals surface area contributed by atoms with Gasteiger partial charge in [-0.25, -0.2) is 0 Å². The molecule has 3 N–H and O–H groups in total. The number of hydrogen-bond acceptors (Lipinski definition) is 3. The van der Waals surface area contributed by atoms with Crippen molar-refractivity contribution in [1.29, 1.82) is 0 Å². The van der Waals surface area contributed by atoms with Crippen LogP contribution in [0.25, 0.3) is 0 Å². The molecule has 0 aliphatic heterocycles. The first kappa shape index (κ1) is 13.9. The van der Waals surface area contributed by atoms with Crippen LogP contribution in [0.1, 0.15) is 31.1 Å². The fraction of sp³-hybridized carbons (Fsp3) is 0.643. The summed E-state index contributed by atoms with van der Waals surface area (Å²) < 4.78 is 5.44. The Morgan fingerprint density at radius 2 is 2.37 bits per heavy atom. The average molecular weight is 264 g/mol. The molecule has 1 aliphatic rings. The van der Waals surface area contributed by atoms with Crippen LogP contribution in [0.15, 0.2) is 27.8 Å². The standard InChI is InChI=1S/C14H24N4O/c1-18(2)12(13-7-4-8-19-13)10-17-14(15)16-9-11-5-3-6-11/h4,7-8,11-12H,3,5-6,9-10H2,1-2H3,(H3,15,16,17). The van der Waals surface area contributed by atoms with Gasteiger partial charge in [0.2, 0.25) is 0 Å². The van der Waals surface area contributed by atoms with Gasteiger partial charge in [-0.3, -0.25) is 9.89 Å². The van der Waals surface area contributed by atoms with Crippen molar-refractivity contribution in [1.82, 2.24) is 10.2 Å². The zero-order chi connectivity index (χ0) is 13.7. The van der Waals surface area contributed by atoms with Crippen molar-refractivity contribution in [3.05, 3.63) is 24.2 Å². The van der Waals surface area contributed by atoms with E-state index >= 15 is 0 Å². The molecule has 0 bridgehead atoms. The van der Waals surface area contributed by atoms with Crippen molar-refractivity contribution in [3.8, 4) is 0 Å². The highest BCUT2D eigenvalue weighted by Gasteiger charge is 2.18. The number of furan rings is 1. The van der Waals surface area contributed by atoms with E-state index in [4.69, 9.17) is 10.2 Å². The number of nitrogens with zero attached hydrogens (tertiary/aromatic N) is 2. The van der Waals surface area contributed by atoms with Gasteiger partial charge >= 0.3 is 0 Å². The van der Waals surface area contributed by atoms with Crippen LogP contribution in [-0.4, -0.2) is 38.0 Å². The Balaban J connectivity index is 1.83. The molecule has 0 saturated heterocycles. The van der Waals surface area contributed by atoms with Gasteiger partial charge in [-0.15, -0.1) is 0 Å². The molecular weight excluding hydrogens is 240 g/mol. The summed E-state index contributed by atoms with van der Waals surface area (Å²) in [5.74, 6) is 2.23. The van der Waals surface area contributed by atoms with Crippen molar-refractivity contribution in [2.75, 3.05) is 27.2 Å². The summed E-state index contributed by atoms with van der Waals surface area (Å²) in [6, 6.07) is 3.99. The number of hydrogen-bond donors (Lipinski definition) is 2. The minimum Gasteiger partial charge on any atom is -0.468 e. The zero-order valence-electron chi connectivity index (χ0n) is 11.8. The Bertz CT molecular complexity index is 396. The predicted molar refractivity (Wildman–Crippen MR) is 77.0 cm³/mol. The van der Waals surface area contributed by atoms with Crippen LogP contribution in [0.5, 0.6) is 0 Å². The molecule has 19 heavy (non-hydrogen) atoms. The first-order chi connectivity index (χ1) is 9.16. The fourth-order valence-corrected chi connectivity index (χ4v) is 2.18. The van der Waals surface area contributed by atoms with E-state index in [1.165, 1.54) is 19.3 Å². The average Bonchev–Trinajstić information content (AvgIpc) is 2.80. The first-order valence-electron chi connectivity index (χ1n) is 6.90. The van der Waals surface area contributed by atoms with E-state index in [0.717, 1.165) is 18.2 Å². The lowest BCUT2D eigenvalue weighted by Gasteiger charge is -2.25. The number of nitrogens with two attached hydrogens (primary N) is 1. The number of guanidine groups is 1. The lowest BCUT2D eigenvalue weighted by molar-refractivity contribution is 0.264. The fourth-order valence-electron chi connectivity index (χ4n) is 2.18.